The normalized spacial score (nSPS) is 20.6. The molecule has 1 aliphatic rings. The van der Waals surface area contributed by atoms with E-state index in [1.165, 1.54) is 12.1 Å². The average molecular weight is 479 g/mol. The van der Waals surface area contributed by atoms with Gasteiger partial charge in [-0.2, -0.15) is 0 Å². The number of imidazole rings is 1. The summed E-state index contributed by atoms with van der Waals surface area (Å²) in [4.78, 5) is 13.1. The zero-order chi connectivity index (χ0) is 23.6. The number of nitrogens with zero attached hydrogens (tertiary/aromatic N) is 5. The number of hydrogen-bond acceptors (Lipinski definition) is 6. The molecular formula is C24H20ClFN6O2. The number of rotatable bonds is 4. The number of fused-ring (bicyclic) bond motifs is 4. The summed E-state index contributed by atoms with van der Waals surface area (Å²) >= 11 is 5.97. The molecule has 1 aromatic carbocycles. The number of benzene rings is 1. The molecule has 0 fully saturated rings. The highest BCUT2D eigenvalue weighted by molar-refractivity contribution is 6.33. The van der Waals surface area contributed by atoms with Crippen molar-refractivity contribution in [2.24, 2.45) is 0 Å². The molecule has 34 heavy (non-hydrogen) atoms. The van der Waals surface area contributed by atoms with Gasteiger partial charge in [0.15, 0.2) is 0 Å². The van der Waals surface area contributed by atoms with Gasteiger partial charge in [-0.1, -0.05) is 17.7 Å². The van der Waals surface area contributed by atoms with Crippen LogP contribution in [0.25, 0.3) is 27.6 Å². The van der Waals surface area contributed by atoms with E-state index < -0.39 is 24.1 Å². The third kappa shape index (κ3) is 3.24. The highest BCUT2D eigenvalue weighted by Gasteiger charge is 2.36. The molecule has 5 aromatic rings. The lowest BCUT2D eigenvalue weighted by Crippen LogP contribution is -2.29. The predicted molar refractivity (Wildman–Crippen MR) is 127 cm³/mol. The lowest BCUT2D eigenvalue weighted by molar-refractivity contribution is 0.0317. The number of aryl methyl sites for hydroxylation is 1. The summed E-state index contributed by atoms with van der Waals surface area (Å²) < 4.78 is 18.3. The minimum absolute atomic E-state index is 0.144. The quantitative estimate of drug-likeness (QED) is 0.341. The molecule has 0 spiro atoms. The minimum atomic E-state index is -1.03. The second kappa shape index (κ2) is 7.76. The van der Waals surface area contributed by atoms with Gasteiger partial charge in [0.2, 0.25) is 0 Å². The van der Waals surface area contributed by atoms with Gasteiger partial charge in [0.1, 0.15) is 41.5 Å². The van der Waals surface area contributed by atoms with Gasteiger partial charge in [0, 0.05) is 24.0 Å². The van der Waals surface area contributed by atoms with E-state index in [2.05, 4.69) is 15.0 Å². The molecule has 172 valence electrons. The molecule has 0 aliphatic heterocycles. The maximum Gasteiger partial charge on any atom is 0.148 e. The first-order valence-electron chi connectivity index (χ1n) is 10.8. The van der Waals surface area contributed by atoms with Crippen LogP contribution in [0.3, 0.4) is 0 Å². The fourth-order valence-corrected chi connectivity index (χ4v) is 4.88. The van der Waals surface area contributed by atoms with Gasteiger partial charge in [-0.15, -0.1) is 0 Å². The third-order valence-electron chi connectivity index (χ3n) is 6.49. The van der Waals surface area contributed by atoms with Crippen LogP contribution in [-0.4, -0.2) is 46.3 Å². The second-order valence-electron chi connectivity index (χ2n) is 8.53. The lowest BCUT2D eigenvalue weighted by Gasteiger charge is -2.19. The van der Waals surface area contributed by atoms with Gasteiger partial charge in [0.05, 0.1) is 22.0 Å². The summed E-state index contributed by atoms with van der Waals surface area (Å²) in [7, 11) is 0. The van der Waals surface area contributed by atoms with Crippen molar-refractivity contribution in [3.05, 3.63) is 77.2 Å². The van der Waals surface area contributed by atoms with Crippen LogP contribution in [0.1, 0.15) is 18.0 Å². The first-order valence-corrected chi connectivity index (χ1v) is 11.2. The standard InChI is InChI=1S/C24H20ClFN6O2/c25-16-10-15-17(26)7-12(8-18(15)30-22(16)27)1-2-13-9-19(21(34)20(13)33)32-5-3-14-23-28-4-6-31(23)11-29-24(14)32/h3-11,19-21,33-34H,1-2H2,(H2,27,30)/t19-,20-,21+/m1/s1. The maximum absolute atomic E-state index is 14.6. The fourth-order valence-electron chi connectivity index (χ4n) is 4.73. The van der Waals surface area contributed by atoms with Crippen LogP contribution in [0.15, 0.2) is 60.8 Å². The number of aliphatic hydroxyl groups is 2. The van der Waals surface area contributed by atoms with Gasteiger partial charge in [-0.25, -0.2) is 19.3 Å². The zero-order valence-electron chi connectivity index (χ0n) is 17.8. The van der Waals surface area contributed by atoms with Crippen LogP contribution in [0.4, 0.5) is 10.2 Å². The number of aromatic nitrogens is 5. The Morgan fingerprint density at radius 1 is 1.06 bits per heavy atom. The van der Waals surface area contributed by atoms with Crippen molar-refractivity contribution in [1.29, 1.82) is 0 Å². The summed E-state index contributed by atoms with van der Waals surface area (Å²) in [5.41, 5.74) is 9.03. The van der Waals surface area contributed by atoms with Gasteiger partial charge in [-0.3, -0.25) is 4.40 Å². The van der Waals surface area contributed by atoms with E-state index in [1.807, 2.05) is 33.5 Å². The van der Waals surface area contributed by atoms with Crippen molar-refractivity contribution in [3.8, 4) is 0 Å². The molecule has 0 bridgehead atoms. The Kier molecular flexibility index (Phi) is 4.80. The predicted octanol–water partition coefficient (Wildman–Crippen LogP) is 3.44. The summed E-state index contributed by atoms with van der Waals surface area (Å²) in [6.07, 6.45) is 7.74. The number of nitrogen functional groups attached to an aromatic ring is 1. The fraction of sp³-hybridized carbons (Fsp3) is 0.208. The summed E-state index contributed by atoms with van der Waals surface area (Å²) in [5.74, 6) is -0.290. The molecule has 6 rings (SSSR count). The Balaban J connectivity index is 1.29. The van der Waals surface area contributed by atoms with Gasteiger partial charge in [0.25, 0.3) is 0 Å². The van der Waals surface area contributed by atoms with Crippen LogP contribution >= 0.6 is 11.6 Å². The Labute approximate surface area is 197 Å². The minimum Gasteiger partial charge on any atom is -0.388 e. The van der Waals surface area contributed by atoms with Crippen molar-refractivity contribution in [3.63, 3.8) is 0 Å². The highest BCUT2D eigenvalue weighted by Crippen LogP contribution is 2.35. The van der Waals surface area contributed by atoms with Crippen LogP contribution in [0, 0.1) is 5.82 Å². The van der Waals surface area contributed by atoms with E-state index in [1.54, 1.807) is 18.6 Å². The molecule has 3 atom stereocenters. The molecule has 0 saturated heterocycles. The van der Waals surface area contributed by atoms with E-state index in [0.29, 0.717) is 40.5 Å². The van der Waals surface area contributed by atoms with Gasteiger partial charge in [-0.05, 0) is 48.2 Å². The summed E-state index contributed by atoms with van der Waals surface area (Å²) in [6.45, 7) is 0. The number of anilines is 1. The summed E-state index contributed by atoms with van der Waals surface area (Å²) in [6, 6.07) is 6.09. The number of hydrogen-bond donors (Lipinski definition) is 3. The molecule has 4 aromatic heterocycles. The monoisotopic (exact) mass is 478 g/mol. The molecule has 0 radical (unpaired) electrons. The number of aliphatic hydroxyl groups excluding tert-OH is 2. The van der Waals surface area contributed by atoms with Crippen LogP contribution in [0.5, 0.6) is 0 Å². The maximum atomic E-state index is 14.6. The van der Waals surface area contributed by atoms with Crippen LogP contribution < -0.4 is 5.73 Å². The van der Waals surface area contributed by atoms with Crippen molar-refractivity contribution < 1.29 is 14.6 Å². The van der Waals surface area contributed by atoms with Gasteiger partial charge < -0.3 is 20.5 Å². The topological polar surface area (TPSA) is 114 Å². The van der Waals surface area contributed by atoms with E-state index in [0.717, 1.165) is 11.0 Å². The zero-order valence-corrected chi connectivity index (χ0v) is 18.6. The molecule has 0 unspecified atom stereocenters. The van der Waals surface area contributed by atoms with Crippen LogP contribution in [-0.2, 0) is 6.42 Å². The highest BCUT2D eigenvalue weighted by atomic mass is 35.5. The number of pyridine rings is 1. The van der Waals surface area contributed by atoms with Gasteiger partial charge >= 0.3 is 0 Å². The van der Waals surface area contributed by atoms with E-state index in [9.17, 15) is 14.6 Å². The van der Waals surface area contributed by atoms with Crippen molar-refractivity contribution in [2.45, 2.75) is 31.1 Å². The Hall–Kier alpha value is -3.53. The lowest BCUT2D eigenvalue weighted by atomic mass is 10.0. The first-order chi connectivity index (χ1) is 16.4. The molecule has 0 amide bonds. The molecule has 10 heteroatoms. The molecule has 4 N–H and O–H groups in total. The number of nitrogens with two attached hydrogens (primary N) is 1. The molecular weight excluding hydrogens is 459 g/mol. The second-order valence-corrected chi connectivity index (χ2v) is 8.94. The van der Waals surface area contributed by atoms with Crippen LogP contribution in [0.2, 0.25) is 5.02 Å². The number of halogens is 2. The smallest absolute Gasteiger partial charge is 0.148 e. The first kappa shape index (κ1) is 21.0. The van der Waals surface area contributed by atoms with E-state index in [4.69, 9.17) is 17.3 Å². The largest absolute Gasteiger partial charge is 0.388 e. The van der Waals surface area contributed by atoms with E-state index >= 15 is 0 Å². The third-order valence-corrected chi connectivity index (χ3v) is 6.79. The molecule has 8 nitrogen and oxygen atoms in total. The van der Waals surface area contributed by atoms with Crippen molar-refractivity contribution in [1.82, 2.24) is 23.9 Å². The Morgan fingerprint density at radius 2 is 1.91 bits per heavy atom. The van der Waals surface area contributed by atoms with E-state index in [-0.39, 0.29) is 10.8 Å². The molecule has 1 aliphatic carbocycles. The molecule has 0 saturated carbocycles. The van der Waals surface area contributed by atoms with Crippen molar-refractivity contribution in [2.75, 3.05) is 5.73 Å². The average Bonchev–Trinajstić information content (AvgIpc) is 3.52. The Bertz CT molecular complexity index is 1610. The summed E-state index contributed by atoms with van der Waals surface area (Å²) in [5, 5.41) is 22.9. The van der Waals surface area contributed by atoms with Crippen molar-refractivity contribution >= 4 is 45.0 Å². The SMILES string of the molecule is Nc1nc2cc(CCC3=C[C@@H](n4ccc5c4ncn4ccnc54)[C@H](O)[C@@H]3O)cc(F)c2cc1Cl. The Morgan fingerprint density at radius 3 is 2.76 bits per heavy atom. The molecule has 4 heterocycles.